The Morgan fingerprint density at radius 1 is 1.83 bits per heavy atom. The van der Waals surface area contributed by atoms with E-state index in [0.29, 0.717) is 0 Å². The molecule has 0 spiro atoms. The lowest BCUT2D eigenvalue weighted by Crippen LogP contribution is -2.02. The number of ether oxygens (including phenoxy) is 1. The first kappa shape index (κ1) is 5.53. The number of halogens is 1. The number of aromatic carboxylic acids is 1. The zero-order chi connectivity index (χ0) is 11.6. The van der Waals surface area contributed by atoms with Crippen LogP contribution in [0.15, 0.2) is 16.6 Å². The van der Waals surface area contributed by atoms with Crippen LogP contribution in [-0.2, 0) is 0 Å². The Bertz CT molecular complexity index is 394. The smallest absolute Gasteiger partial charge is 0.355 e. The fraction of sp³-hybridized carbons (Fsp3) is 0.143. The molecule has 0 bridgehead atoms. The van der Waals surface area contributed by atoms with E-state index in [1.807, 2.05) is 0 Å². The number of carbonyl (C=O) groups is 1. The molecular weight excluding hydrogens is 226 g/mol. The number of aromatic nitrogens is 1. The zero-order valence-corrected chi connectivity index (χ0v) is 7.33. The molecule has 0 radical (unpaired) electrons. The molecule has 0 saturated carbocycles. The summed E-state index contributed by atoms with van der Waals surface area (Å²) in [6.45, 7) is 0. The molecule has 0 atom stereocenters. The highest BCUT2D eigenvalue weighted by molar-refractivity contribution is 9.10. The molecule has 4 nitrogen and oxygen atoms in total. The van der Waals surface area contributed by atoms with Crippen molar-refractivity contribution in [2.24, 2.45) is 0 Å². The standard InChI is InChI=1S/C7H6BrNO3/c1-12-5-3-2-4(8)6(9-5)7(10)11/h2-3H,1H3,(H,10,11)/i1D3. The van der Waals surface area contributed by atoms with Crippen LogP contribution in [0.3, 0.4) is 0 Å². The number of rotatable bonds is 2. The van der Waals surface area contributed by atoms with Gasteiger partial charge in [-0.05, 0) is 22.0 Å². The van der Waals surface area contributed by atoms with Crippen molar-refractivity contribution >= 4 is 21.9 Å². The number of pyridine rings is 1. The summed E-state index contributed by atoms with van der Waals surface area (Å²) in [5, 5.41) is 8.70. The van der Waals surface area contributed by atoms with Crippen molar-refractivity contribution in [3.63, 3.8) is 0 Å². The van der Waals surface area contributed by atoms with Crippen molar-refractivity contribution in [3.05, 3.63) is 22.3 Å². The van der Waals surface area contributed by atoms with Crippen molar-refractivity contribution in [2.75, 3.05) is 7.04 Å². The van der Waals surface area contributed by atoms with Gasteiger partial charge in [0.05, 0.1) is 15.6 Å². The molecule has 0 saturated heterocycles. The first-order valence-electron chi connectivity index (χ1n) is 4.38. The van der Waals surface area contributed by atoms with Crippen molar-refractivity contribution in [2.45, 2.75) is 0 Å². The molecule has 1 heterocycles. The molecule has 0 aliphatic rings. The van der Waals surface area contributed by atoms with Crippen molar-refractivity contribution < 1.29 is 18.8 Å². The van der Waals surface area contributed by atoms with Gasteiger partial charge in [0.25, 0.3) is 0 Å². The van der Waals surface area contributed by atoms with Gasteiger partial charge in [-0.3, -0.25) is 0 Å². The summed E-state index contributed by atoms with van der Waals surface area (Å²) in [5.74, 6) is -1.52. The summed E-state index contributed by atoms with van der Waals surface area (Å²) in [5.41, 5.74) is -0.295. The summed E-state index contributed by atoms with van der Waals surface area (Å²) < 4.78 is 25.1. The van der Waals surface area contributed by atoms with Gasteiger partial charge in [-0.15, -0.1) is 0 Å². The van der Waals surface area contributed by atoms with Gasteiger partial charge in [-0.25, -0.2) is 9.78 Å². The van der Waals surface area contributed by atoms with E-state index in [0.717, 1.165) is 0 Å². The van der Waals surface area contributed by atoms with Crippen LogP contribution in [0.5, 0.6) is 5.88 Å². The fourth-order valence-corrected chi connectivity index (χ4v) is 1.02. The fourth-order valence-electron chi connectivity index (χ4n) is 0.631. The Balaban J connectivity index is 3.03. The highest BCUT2D eigenvalue weighted by Gasteiger charge is 2.10. The van der Waals surface area contributed by atoms with Gasteiger partial charge in [0.15, 0.2) is 5.69 Å². The molecule has 0 unspecified atom stereocenters. The second-order valence-corrected chi connectivity index (χ2v) is 2.74. The second kappa shape index (κ2) is 3.53. The molecule has 0 fully saturated rings. The topological polar surface area (TPSA) is 59.4 Å². The lowest BCUT2D eigenvalue weighted by atomic mass is 10.3. The molecular formula is C7H6BrNO3. The van der Waals surface area contributed by atoms with Gasteiger partial charge in [0, 0.05) is 6.07 Å². The van der Waals surface area contributed by atoms with Gasteiger partial charge in [0.2, 0.25) is 5.88 Å². The van der Waals surface area contributed by atoms with Crippen LogP contribution in [0.2, 0.25) is 0 Å². The number of hydrogen-bond acceptors (Lipinski definition) is 3. The summed E-state index contributed by atoms with van der Waals surface area (Å²) in [6, 6.07) is 2.63. The molecule has 12 heavy (non-hydrogen) atoms. The molecule has 0 aromatic carbocycles. The summed E-state index contributed by atoms with van der Waals surface area (Å²) in [7, 11) is -2.64. The SMILES string of the molecule is [2H]C([2H])([2H])Oc1ccc(Br)c(C(=O)O)n1. The molecule has 0 aliphatic carbocycles. The third-order valence-corrected chi connectivity index (χ3v) is 1.77. The Morgan fingerprint density at radius 3 is 3.17 bits per heavy atom. The highest BCUT2D eigenvalue weighted by Crippen LogP contribution is 2.17. The first-order chi connectivity index (χ1) is 6.79. The van der Waals surface area contributed by atoms with Crippen LogP contribution in [0.25, 0.3) is 0 Å². The van der Waals surface area contributed by atoms with E-state index >= 15 is 0 Å². The van der Waals surface area contributed by atoms with Crippen molar-refractivity contribution in [3.8, 4) is 5.88 Å². The number of nitrogens with zero attached hydrogens (tertiary/aromatic N) is 1. The minimum atomic E-state index is -2.64. The average molecular weight is 235 g/mol. The van der Waals surface area contributed by atoms with Gasteiger partial charge in [-0.1, -0.05) is 0 Å². The monoisotopic (exact) mass is 234 g/mol. The van der Waals surface area contributed by atoms with E-state index in [2.05, 4.69) is 25.7 Å². The number of hydrogen-bond donors (Lipinski definition) is 1. The van der Waals surface area contributed by atoms with Crippen LogP contribution in [-0.4, -0.2) is 23.1 Å². The normalized spacial score (nSPS) is 14.2. The third kappa shape index (κ3) is 1.73. The van der Waals surface area contributed by atoms with E-state index < -0.39 is 13.0 Å². The zero-order valence-electron chi connectivity index (χ0n) is 8.74. The van der Waals surface area contributed by atoms with Crippen LogP contribution >= 0.6 is 15.9 Å². The summed E-state index contributed by atoms with van der Waals surface area (Å²) >= 11 is 2.97. The van der Waals surface area contributed by atoms with Gasteiger partial charge < -0.3 is 9.84 Å². The van der Waals surface area contributed by atoms with E-state index in [9.17, 15) is 4.79 Å². The Kier molecular flexibility index (Phi) is 1.63. The largest absolute Gasteiger partial charge is 0.481 e. The molecule has 64 valence electrons. The molecule has 5 heteroatoms. The van der Waals surface area contributed by atoms with E-state index in [1.54, 1.807) is 0 Å². The molecule has 1 aromatic rings. The van der Waals surface area contributed by atoms with E-state index in [1.165, 1.54) is 12.1 Å². The van der Waals surface area contributed by atoms with Gasteiger partial charge in [-0.2, -0.15) is 0 Å². The Labute approximate surface area is 81.5 Å². The number of carboxylic acid groups (broad SMARTS) is 1. The second-order valence-electron chi connectivity index (χ2n) is 1.89. The minimum Gasteiger partial charge on any atom is -0.481 e. The Hall–Kier alpha value is -1.10. The van der Waals surface area contributed by atoms with Crippen molar-refractivity contribution in [1.29, 1.82) is 0 Å². The number of carboxylic acids is 1. The molecule has 0 aliphatic heterocycles. The maximum atomic E-state index is 10.7. The Morgan fingerprint density at radius 2 is 2.58 bits per heavy atom. The number of methoxy groups -OCH3 is 1. The van der Waals surface area contributed by atoms with Crippen LogP contribution in [0.1, 0.15) is 14.6 Å². The quantitative estimate of drug-likeness (QED) is 0.844. The molecule has 1 N–H and O–H groups in total. The molecule has 1 aromatic heterocycles. The highest BCUT2D eigenvalue weighted by atomic mass is 79.9. The van der Waals surface area contributed by atoms with E-state index in [-0.39, 0.29) is 16.0 Å². The maximum absolute atomic E-state index is 10.7. The summed E-state index contributed by atoms with van der Waals surface area (Å²) in [4.78, 5) is 14.2. The maximum Gasteiger partial charge on any atom is 0.355 e. The lowest BCUT2D eigenvalue weighted by Gasteiger charge is -2.00. The van der Waals surface area contributed by atoms with Crippen LogP contribution < -0.4 is 4.74 Å². The average Bonchev–Trinajstić information content (AvgIpc) is 2.05. The predicted octanol–water partition coefficient (Wildman–Crippen LogP) is 1.55. The molecule has 1 rings (SSSR count). The first-order valence-corrected chi connectivity index (χ1v) is 3.68. The van der Waals surface area contributed by atoms with Gasteiger partial charge in [0.1, 0.15) is 0 Å². The van der Waals surface area contributed by atoms with Crippen LogP contribution in [0.4, 0.5) is 0 Å². The lowest BCUT2D eigenvalue weighted by molar-refractivity contribution is 0.0688. The van der Waals surface area contributed by atoms with Gasteiger partial charge >= 0.3 is 5.97 Å². The minimum absolute atomic E-state index is 0.254. The predicted molar refractivity (Wildman–Crippen MR) is 45.4 cm³/mol. The van der Waals surface area contributed by atoms with E-state index in [4.69, 9.17) is 9.22 Å². The van der Waals surface area contributed by atoms with Crippen molar-refractivity contribution in [1.82, 2.24) is 4.98 Å². The van der Waals surface area contributed by atoms with Crippen LogP contribution in [0, 0.1) is 0 Å². The molecule has 0 amide bonds. The summed E-state index contributed by atoms with van der Waals surface area (Å²) in [6.07, 6.45) is 0. The third-order valence-electron chi connectivity index (χ3n) is 1.13.